The highest BCUT2D eigenvalue weighted by atomic mass is 16.6. The maximum atomic E-state index is 11.7. The zero-order valence-corrected chi connectivity index (χ0v) is 14.9. The standard InChI is InChI=1S/C19H22N4O3/c1-3-19(2,24)14-21(13-15-9-5-4-6-10-15)17-18(23(25)26)22-12-8-7-11-16(22)20-17/h4-12,24H,3,13-14H2,1-2H3/t19-/m1/s1. The number of hydrogen-bond acceptors (Lipinski definition) is 5. The molecule has 0 aliphatic heterocycles. The summed E-state index contributed by atoms with van der Waals surface area (Å²) >= 11 is 0. The smallest absolute Gasteiger partial charge is 0.372 e. The van der Waals surface area contributed by atoms with Crippen LogP contribution in [0.2, 0.25) is 0 Å². The molecule has 136 valence electrons. The molecule has 26 heavy (non-hydrogen) atoms. The van der Waals surface area contributed by atoms with E-state index in [0.717, 1.165) is 5.56 Å². The minimum Gasteiger partial charge on any atom is -0.388 e. The molecule has 7 heteroatoms. The average molecular weight is 354 g/mol. The first kappa shape index (κ1) is 17.9. The molecule has 0 amide bonds. The molecular formula is C19H22N4O3. The van der Waals surface area contributed by atoms with Crippen LogP contribution < -0.4 is 4.90 Å². The quantitative estimate of drug-likeness (QED) is 0.519. The maximum absolute atomic E-state index is 11.7. The van der Waals surface area contributed by atoms with Crippen LogP contribution in [0.15, 0.2) is 54.7 Å². The molecule has 0 bridgehead atoms. The fourth-order valence-electron chi connectivity index (χ4n) is 2.88. The fraction of sp³-hybridized carbons (Fsp3) is 0.316. The van der Waals surface area contributed by atoms with Crippen LogP contribution in [0.5, 0.6) is 0 Å². The third kappa shape index (κ3) is 3.67. The summed E-state index contributed by atoms with van der Waals surface area (Å²) in [4.78, 5) is 17.6. The lowest BCUT2D eigenvalue weighted by Gasteiger charge is -2.30. The highest BCUT2D eigenvalue weighted by molar-refractivity contribution is 5.63. The van der Waals surface area contributed by atoms with Crippen molar-refractivity contribution in [2.24, 2.45) is 0 Å². The third-order valence-electron chi connectivity index (χ3n) is 4.47. The van der Waals surface area contributed by atoms with E-state index < -0.39 is 10.5 Å². The molecule has 0 saturated carbocycles. The summed E-state index contributed by atoms with van der Waals surface area (Å²) in [5, 5.41) is 22.3. The SMILES string of the molecule is CC[C@@](C)(O)CN(Cc1ccccc1)c1nc2ccccn2c1[N+](=O)[O-]. The highest BCUT2D eigenvalue weighted by Crippen LogP contribution is 2.31. The zero-order chi connectivity index (χ0) is 18.7. The lowest BCUT2D eigenvalue weighted by molar-refractivity contribution is -0.389. The van der Waals surface area contributed by atoms with Crippen molar-refractivity contribution in [3.05, 3.63) is 70.4 Å². The van der Waals surface area contributed by atoms with Gasteiger partial charge in [0.25, 0.3) is 0 Å². The summed E-state index contributed by atoms with van der Waals surface area (Å²) < 4.78 is 1.47. The molecule has 0 radical (unpaired) electrons. The predicted octanol–water partition coefficient (Wildman–Crippen LogP) is 3.41. The van der Waals surface area contributed by atoms with Crippen molar-refractivity contribution in [1.82, 2.24) is 9.38 Å². The van der Waals surface area contributed by atoms with Gasteiger partial charge in [0.2, 0.25) is 11.5 Å². The number of nitro groups is 1. The molecule has 2 heterocycles. The van der Waals surface area contributed by atoms with E-state index in [2.05, 4.69) is 4.98 Å². The largest absolute Gasteiger partial charge is 0.388 e. The molecule has 3 rings (SSSR count). The van der Waals surface area contributed by atoms with E-state index in [1.54, 1.807) is 36.2 Å². The summed E-state index contributed by atoms with van der Waals surface area (Å²) in [5.74, 6) is 0.169. The van der Waals surface area contributed by atoms with Crippen LogP contribution in [0, 0.1) is 10.1 Å². The molecule has 0 unspecified atom stereocenters. The molecule has 2 aromatic heterocycles. The van der Waals surface area contributed by atoms with Gasteiger partial charge in [-0.2, -0.15) is 9.38 Å². The zero-order valence-electron chi connectivity index (χ0n) is 14.9. The second-order valence-electron chi connectivity index (χ2n) is 6.64. The van der Waals surface area contributed by atoms with Crippen LogP contribution in [0.4, 0.5) is 11.6 Å². The Morgan fingerprint density at radius 2 is 1.92 bits per heavy atom. The second-order valence-corrected chi connectivity index (χ2v) is 6.64. The first-order chi connectivity index (χ1) is 12.4. The number of imidazole rings is 1. The molecular weight excluding hydrogens is 332 g/mol. The number of aliphatic hydroxyl groups is 1. The molecule has 1 atom stereocenters. The molecule has 3 aromatic rings. The van der Waals surface area contributed by atoms with Gasteiger partial charge < -0.3 is 20.1 Å². The van der Waals surface area contributed by atoms with E-state index >= 15 is 0 Å². The lowest BCUT2D eigenvalue weighted by Crippen LogP contribution is -2.40. The summed E-state index contributed by atoms with van der Waals surface area (Å²) in [6.45, 7) is 4.27. The Bertz CT molecular complexity index is 906. The van der Waals surface area contributed by atoms with Gasteiger partial charge in [-0.25, -0.2) is 0 Å². The molecule has 1 aromatic carbocycles. The van der Waals surface area contributed by atoms with Gasteiger partial charge >= 0.3 is 5.82 Å². The Morgan fingerprint density at radius 3 is 2.58 bits per heavy atom. The number of pyridine rings is 1. The topological polar surface area (TPSA) is 83.9 Å². The van der Waals surface area contributed by atoms with E-state index in [1.807, 2.05) is 37.3 Å². The number of nitrogens with zero attached hydrogens (tertiary/aromatic N) is 4. The second kappa shape index (κ2) is 7.13. The average Bonchev–Trinajstić information content (AvgIpc) is 3.01. The Labute approximate surface area is 151 Å². The van der Waals surface area contributed by atoms with E-state index in [9.17, 15) is 15.2 Å². The van der Waals surface area contributed by atoms with Gasteiger partial charge in [0.1, 0.15) is 0 Å². The van der Waals surface area contributed by atoms with E-state index in [0.29, 0.717) is 18.6 Å². The number of benzene rings is 1. The van der Waals surface area contributed by atoms with Gasteiger partial charge in [-0.1, -0.05) is 43.3 Å². The summed E-state index contributed by atoms with van der Waals surface area (Å²) in [6.07, 6.45) is 2.15. The summed E-state index contributed by atoms with van der Waals surface area (Å²) in [6, 6.07) is 14.9. The van der Waals surface area contributed by atoms with Crippen LogP contribution >= 0.6 is 0 Å². The first-order valence-corrected chi connectivity index (χ1v) is 8.54. The van der Waals surface area contributed by atoms with E-state index in [-0.39, 0.29) is 18.2 Å². The van der Waals surface area contributed by atoms with E-state index in [1.165, 1.54) is 4.40 Å². The Morgan fingerprint density at radius 1 is 1.23 bits per heavy atom. The summed E-state index contributed by atoms with van der Waals surface area (Å²) in [5.41, 5.74) is 0.507. The minimum absolute atomic E-state index is 0.0940. The van der Waals surface area contributed by atoms with Gasteiger partial charge in [-0.05, 0) is 29.9 Å². The van der Waals surface area contributed by atoms with Crippen molar-refractivity contribution in [3.8, 4) is 0 Å². The molecule has 0 aliphatic rings. The van der Waals surface area contributed by atoms with Gasteiger partial charge in [0, 0.05) is 19.2 Å². The molecule has 0 aliphatic carbocycles. The van der Waals surface area contributed by atoms with Crippen LogP contribution in [0.25, 0.3) is 5.65 Å². The van der Waals surface area contributed by atoms with Crippen molar-refractivity contribution in [1.29, 1.82) is 0 Å². The first-order valence-electron chi connectivity index (χ1n) is 8.54. The van der Waals surface area contributed by atoms with Crippen molar-refractivity contribution >= 4 is 17.3 Å². The molecule has 0 saturated heterocycles. The number of fused-ring (bicyclic) bond motifs is 1. The van der Waals surface area contributed by atoms with Crippen LogP contribution in [-0.2, 0) is 6.54 Å². The molecule has 7 nitrogen and oxygen atoms in total. The van der Waals surface area contributed by atoms with Crippen LogP contribution in [0.3, 0.4) is 0 Å². The normalized spacial score (nSPS) is 13.5. The van der Waals surface area contributed by atoms with Crippen molar-refractivity contribution in [2.45, 2.75) is 32.4 Å². The van der Waals surface area contributed by atoms with Crippen molar-refractivity contribution in [3.63, 3.8) is 0 Å². The number of aromatic nitrogens is 2. The maximum Gasteiger partial charge on any atom is 0.372 e. The van der Waals surface area contributed by atoms with Crippen molar-refractivity contribution < 1.29 is 10.0 Å². The van der Waals surface area contributed by atoms with Gasteiger partial charge in [-0.15, -0.1) is 0 Å². The molecule has 0 spiro atoms. The minimum atomic E-state index is -0.988. The van der Waals surface area contributed by atoms with Gasteiger partial charge in [0.15, 0.2) is 0 Å². The Hall–Kier alpha value is -2.93. The highest BCUT2D eigenvalue weighted by Gasteiger charge is 2.31. The number of rotatable bonds is 7. The lowest BCUT2D eigenvalue weighted by atomic mass is 10.0. The van der Waals surface area contributed by atoms with Crippen molar-refractivity contribution in [2.75, 3.05) is 11.4 Å². The van der Waals surface area contributed by atoms with Gasteiger partial charge in [-0.3, -0.25) is 0 Å². The fourth-order valence-corrected chi connectivity index (χ4v) is 2.88. The van der Waals surface area contributed by atoms with Crippen LogP contribution in [-0.4, -0.2) is 31.6 Å². The molecule has 0 fully saturated rings. The van der Waals surface area contributed by atoms with Crippen LogP contribution in [0.1, 0.15) is 25.8 Å². The number of anilines is 1. The monoisotopic (exact) mass is 354 g/mol. The van der Waals surface area contributed by atoms with Gasteiger partial charge in [0.05, 0.1) is 11.8 Å². The third-order valence-corrected chi connectivity index (χ3v) is 4.47. The molecule has 1 N–H and O–H groups in total. The van der Waals surface area contributed by atoms with E-state index in [4.69, 9.17) is 0 Å². The Kier molecular flexibility index (Phi) is 4.90. The Balaban J connectivity index is 2.10. The predicted molar refractivity (Wildman–Crippen MR) is 100 cm³/mol. The number of hydrogen-bond donors (Lipinski definition) is 1. The summed E-state index contributed by atoms with van der Waals surface area (Å²) in [7, 11) is 0.